The zero-order valence-electron chi connectivity index (χ0n) is 11.9. The lowest BCUT2D eigenvalue weighted by Gasteiger charge is -2.13. The third kappa shape index (κ3) is 3.23. The minimum Gasteiger partial charge on any atom is -0.493 e. The summed E-state index contributed by atoms with van der Waals surface area (Å²) < 4.78 is 5.93. The Balaban J connectivity index is 2.12. The van der Waals surface area contributed by atoms with Crippen LogP contribution in [-0.4, -0.2) is 18.1 Å². The minimum absolute atomic E-state index is 0.518. The molecule has 100 valence electrons. The van der Waals surface area contributed by atoms with Gasteiger partial charge in [0, 0.05) is 10.9 Å². The molecule has 0 amide bonds. The molecule has 0 saturated carbocycles. The highest BCUT2D eigenvalue weighted by molar-refractivity contribution is 7.97. The number of hydrogen-bond donors (Lipinski definition) is 0. The van der Waals surface area contributed by atoms with Gasteiger partial charge in [-0.15, -0.1) is 0 Å². The van der Waals surface area contributed by atoms with E-state index in [1.807, 2.05) is 0 Å². The van der Waals surface area contributed by atoms with Gasteiger partial charge < -0.3 is 4.74 Å². The summed E-state index contributed by atoms with van der Waals surface area (Å²) >= 11 is 0. The SMILES string of the molecule is CCCCOc1c(C)cc([S+]2CCCC2)cc1C. The summed E-state index contributed by atoms with van der Waals surface area (Å²) in [5, 5.41) is 0. The first kappa shape index (κ1) is 13.8. The Labute approximate surface area is 114 Å². The summed E-state index contributed by atoms with van der Waals surface area (Å²) in [6.07, 6.45) is 5.16. The van der Waals surface area contributed by atoms with Gasteiger partial charge in [-0.2, -0.15) is 0 Å². The van der Waals surface area contributed by atoms with E-state index in [0.29, 0.717) is 10.9 Å². The third-order valence-corrected chi connectivity index (χ3v) is 6.01. The molecule has 1 aromatic carbocycles. The molecule has 0 atom stereocenters. The number of hydrogen-bond acceptors (Lipinski definition) is 1. The van der Waals surface area contributed by atoms with Crippen molar-refractivity contribution in [1.82, 2.24) is 0 Å². The Bertz CT molecular complexity index is 371. The van der Waals surface area contributed by atoms with Crippen LogP contribution in [0.4, 0.5) is 0 Å². The lowest BCUT2D eigenvalue weighted by molar-refractivity contribution is 0.305. The smallest absolute Gasteiger partial charge is 0.155 e. The normalized spacial score (nSPS) is 16.2. The summed E-state index contributed by atoms with van der Waals surface area (Å²) in [5.41, 5.74) is 2.64. The average molecular weight is 265 g/mol. The predicted octanol–water partition coefficient (Wildman–Crippen LogP) is 4.25. The van der Waals surface area contributed by atoms with Crippen molar-refractivity contribution in [2.24, 2.45) is 0 Å². The van der Waals surface area contributed by atoms with E-state index in [-0.39, 0.29) is 0 Å². The van der Waals surface area contributed by atoms with Gasteiger partial charge >= 0.3 is 0 Å². The van der Waals surface area contributed by atoms with Gasteiger partial charge in [0.05, 0.1) is 6.61 Å². The Hall–Kier alpha value is -0.630. The Morgan fingerprint density at radius 1 is 1.11 bits per heavy atom. The van der Waals surface area contributed by atoms with Crippen molar-refractivity contribution in [1.29, 1.82) is 0 Å². The first-order chi connectivity index (χ1) is 8.72. The van der Waals surface area contributed by atoms with Gasteiger partial charge in [0.25, 0.3) is 0 Å². The van der Waals surface area contributed by atoms with Gasteiger partial charge in [-0.25, -0.2) is 0 Å². The monoisotopic (exact) mass is 265 g/mol. The van der Waals surface area contributed by atoms with Crippen molar-refractivity contribution in [3.05, 3.63) is 23.3 Å². The fourth-order valence-electron chi connectivity index (χ4n) is 2.51. The molecule has 1 nitrogen and oxygen atoms in total. The van der Waals surface area contributed by atoms with E-state index in [1.165, 1.54) is 41.9 Å². The zero-order valence-corrected chi connectivity index (χ0v) is 12.7. The fourth-order valence-corrected chi connectivity index (χ4v) is 4.98. The summed E-state index contributed by atoms with van der Waals surface area (Å²) in [6, 6.07) is 4.73. The average Bonchev–Trinajstić information content (AvgIpc) is 2.86. The van der Waals surface area contributed by atoms with Crippen LogP contribution in [0.5, 0.6) is 5.75 Å². The topological polar surface area (TPSA) is 9.23 Å². The van der Waals surface area contributed by atoms with Crippen LogP contribution in [0.1, 0.15) is 43.7 Å². The summed E-state index contributed by atoms with van der Waals surface area (Å²) in [6.45, 7) is 7.44. The third-order valence-electron chi connectivity index (χ3n) is 3.54. The van der Waals surface area contributed by atoms with Crippen LogP contribution in [0.25, 0.3) is 0 Å². The van der Waals surface area contributed by atoms with Crippen molar-refractivity contribution in [2.75, 3.05) is 18.1 Å². The van der Waals surface area contributed by atoms with E-state index < -0.39 is 0 Å². The standard InChI is InChI=1S/C16H25OS/c1-4-5-8-17-16-13(2)11-15(12-14(16)3)18-9-6-7-10-18/h11-12H,4-10H2,1-3H3/q+1. The van der Waals surface area contributed by atoms with E-state index in [0.717, 1.165) is 18.8 Å². The van der Waals surface area contributed by atoms with Crippen molar-refractivity contribution in [3.8, 4) is 5.75 Å². The lowest BCUT2D eigenvalue weighted by atomic mass is 10.1. The number of aryl methyl sites for hydroxylation is 2. The lowest BCUT2D eigenvalue weighted by Crippen LogP contribution is -2.06. The minimum atomic E-state index is 0.518. The van der Waals surface area contributed by atoms with Crippen LogP contribution >= 0.6 is 0 Å². The molecule has 1 aliphatic heterocycles. The Kier molecular flexibility index (Phi) is 4.99. The molecule has 1 saturated heterocycles. The van der Waals surface area contributed by atoms with Crippen LogP contribution in [0, 0.1) is 13.8 Å². The van der Waals surface area contributed by atoms with Gasteiger partial charge in [0.1, 0.15) is 17.3 Å². The first-order valence-corrected chi connectivity index (χ1v) is 8.70. The highest BCUT2D eigenvalue weighted by atomic mass is 32.2. The predicted molar refractivity (Wildman–Crippen MR) is 80.9 cm³/mol. The van der Waals surface area contributed by atoms with Crippen LogP contribution < -0.4 is 4.74 Å². The van der Waals surface area contributed by atoms with Crippen molar-refractivity contribution >= 4 is 10.9 Å². The number of benzene rings is 1. The number of rotatable bonds is 5. The van der Waals surface area contributed by atoms with Crippen LogP contribution in [0.15, 0.2) is 17.0 Å². The summed E-state index contributed by atoms with van der Waals surface area (Å²) in [4.78, 5) is 1.56. The molecule has 0 aliphatic carbocycles. The van der Waals surface area contributed by atoms with E-state index >= 15 is 0 Å². The second kappa shape index (κ2) is 6.51. The summed E-state index contributed by atoms with van der Waals surface area (Å²) in [5.74, 6) is 3.92. The van der Waals surface area contributed by atoms with Crippen LogP contribution in [-0.2, 0) is 10.9 Å². The molecule has 2 rings (SSSR count). The van der Waals surface area contributed by atoms with Crippen LogP contribution in [0.3, 0.4) is 0 Å². The van der Waals surface area contributed by atoms with Crippen molar-refractivity contribution in [3.63, 3.8) is 0 Å². The maximum atomic E-state index is 5.93. The van der Waals surface area contributed by atoms with Crippen molar-refractivity contribution in [2.45, 2.75) is 51.3 Å². The molecule has 0 aromatic heterocycles. The van der Waals surface area contributed by atoms with E-state index in [1.54, 1.807) is 4.90 Å². The highest BCUT2D eigenvalue weighted by Gasteiger charge is 2.27. The van der Waals surface area contributed by atoms with Gasteiger partial charge in [-0.1, -0.05) is 13.3 Å². The summed E-state index contributed by atoms with van der Waals surface area (Å²) in [7, 11) is 0.518. The second-order valence-corrected chi connectivity index (χ2v) is 7.47. The first-order valence-electron chi connectivity index (χ1n) is 7.14. The zero-order chi connectivity index (χ0) is 13.0. The van der Waals surface area contributed by atoms with E-state index in [4.69, 9.17) is 4.74 Å². The largest absolute Gasteiger partial charge is 0.493 e. The molecule has 0 unspecified atom stereocenters. The Morgan fingerprint density at radius 3 is 2.28 bits per heavy atom. The van der Waals surface area contributed by atoms with Crippen LogP contribution in [0.2, 0.25) is 0 Å². The molecule has 18 heavy (non-hydrogen) atoms. The number of ether oxygens (including phenoxy) is 1. The molecule has 0 spiro atoms. The number of unbranched alkanes of at least 4 members (excludes halogenated alkanes) is 1. The molecule has 1 heterocycles. The van der Waals surface area contributed by atoms with Gasteiger partial charge in [-0.3, -0.25) is 0 Å². The fraction of sp³-hybridized carbons (Fsp3) is 0.625. The van der Waals surface area contributed by atoms with E-state index in [9.17, 15) is 0 Å². The molecule has 0 bridgehead atoms. The maximum Gasteiger partial charge on any atom is 0.155 e. The molecule has 1 aliphatic rings. The van der Waals surface area contributed by atoms with Gasteiger partial charge in [0.2, 0.25) is 0 Å². The van der Waals surface area contributed by atoms with Crippen molar-refractivity contribution < 1.29 is 4.74 Å². The van der Waals surface area contributed by atoms with Gasteiger partial charge in [-0.05, 0) is 56.4 Å². The quantitative estimate of drug-likeness (QED) is 0.571. The molecule has 2 heteroatoms. The molecular weight excluding hydrogens is 240 g/mol. The van der Waals surface area contributed by atoms with E-state index in [2.05, 4.69) is 32.9 Å². The maximum absolute atomic E-state index is 5.93. The molecule has 1 aromatic rings. The molecular formula is C16H25OS+. The molecule has 1 fully saturated rings. The van der Waals surface area contributed by atoms with Gasteiger partial charge in [0.15, 0.2) is 4.90 Å². The molecule has 0 radical (unpaired) electrons. The highest BCUT2D eigenvalue weighted by Crippen LogP contribution is 2.30. The second-order valence-electron chi connectivity index (χ2n) is 5.20. The molecule has 0 N–H and O–H groups in total. The Morgan fingerprint density at radius 2 is 1.72 bits per heavy atom.